The normalized spacial score (nSPS) is 15.9. The summed E-state index contributed by atoms with van der Waals surface area (Å²) in [5, 5.41) is 0. The molecule has 1 aliphatic rings. The van der Waals surface area contributed by atoms with E-state index in [4.69, 9.17) is 0 Å². The van der Waals surface area contributed by atoms with Gasteiger partial charge in [0.1, 0.15) is 0 Å². The molecular weight excluding hydrogens is 120 g/mol. The van der Waals surface area contributed by atoms with Gasteiger partial charge < -0.3 is 0 Å². The number of rotatable bonds is 4. The van der Waals surface area contributed by atoms with E-state index in [1.807, 2.05) is 0 Å². The Kier molecular flexibility index (Phi) is 3.28. The lowest BCUT2D eigenvalue weighted by molar-refractivity contribution is 0.718. The second-order valence-electron chi connectivity index (χ2n) is 2.77. The molecule has 0 unspecified atom stereocenters. The SMILES string of the molecule is CCCCCC1=[C]CC=C1. The molecule has 0 amide bonds. The fourth-order valence-corrected chi connectivity index (χ4v) is 1.19. The van der Waals surface area contributed by atoms with Crippen LogP contribution in [0.2, 0.25) is 0 Å². The maximum Gasteiger partial charge on any atom is -0.00885 e. The third-order valence-corrected chi connectivity index (χ3v) is 1.82. The van der Waals surface area contributed by atoms with Gasteiger partial charge in [0, 0.05) is 0 Å². The van der Waals surface area contributed by atoms with Crippen LogP contribution in [0, 0.1) is 6.08 Å². The monoisotopic (exact) mass is 135 g/mol. The largest absolute Gasteiger partial charge is 0.0798 e. The van der Waals surface area contributed by atoms with Crippen LogP contribution in [0.1, 0.15) is 39.0 Å². The summed E-state index contributed by atoms with van der Waals surface area (Å²) in [6.07, 6.45) is 14.0. The van der Waals surface area contributed by atoms with Crippen LogP contribution in [-0.2, 0) is 0 Å². The van der Waals surface area contributed by atoms with Crippen LogP contribution in [0.5, 0.6) is 0 Å². The second kappa shape index (κ2) is 4.32. The lowest BCUT2D eigenvalue weighted by Crippen LogP contribution is -1.77. The average Bonchev–Trinajstić information content (AvgIpc) is 2.41. The zero-order valence-corrected chi connectivity index (χ0v) is 6.69. The van der Waals surface area contributed by atoms with Gasteiger partial charge in [0.2, 0.25) is 0 Å². The molecular formula is C10H15. The number of allylic oxidation sites excluding steroid dienone is 4. The lowest BCUT2D eigenvalue weighted by Gasteiger charge is -1.96. The summed E-state index contributed by atoms with van der Waals surface area (Å²) >= 11 is 0. The van der Waals surface area contributed by atoms with Crippen molar-refractivity contribution in [1.29, 1.82) is 0 Å². The molecule has 55 valence electrons. The molecule has 0 aromatic rings. The smallest absolute Gasteiger partial charge is 0.00885 e. The molecule has 0 aromatic heterocycles. The Hall–Kier alpha value is -0.520. The molecule has 0 fully saturated rings. The Morgan fingerprint density at radius 1 is 1.50 bits per heavy atom. The highest BCUT2D eigenvalue weighted by Crippen LogP contribution is 2.15. The van der Waals surface area contributed by atoms with E-state index in [1.54, 1.807) is 0 Å². The van der Waals surface area contributed by atoms with Crippen molar-refractivity contribution >= 4 is 0 Å². The third-order valence-electron chi connectivity index (χ3n) is 1.82. The van der Waals surface area contributed by atoms with E-state index in [9.17, 15) is 0 Å². The van der Waals surface area contributed by atoms with Gasteiger partial charge in [0.05, 0.1) is 0 Å². The molecule has 0 atom stereocenters. The predicted octanol–water partition coefficient (Wildman–Crippen LogP) is 3.26. The summed E-state index contributed by atoms with van der Waals surface area (Å²) in [6.45, 7) is 2.24. The van der Waals surface area contributed by atoms with Gasteiger partial charge in [-0.05, 0) is 30.9 Å². The van der Waals surface area contributed by atoms with E-state index < -0.39 is 0 Å². The predicted molar refractivity (Wildman–Crippen MR) is 44.7 cm³/mol. The van der Waals surface area contributed by atoms with Gasteiger partial charge in [-0.3, -0.25) is 0 Å². The van der Waals surface area contributed by atoms with Crippen molar-refractivity contribution in [3.8, 4) is 0 Å². The van der Waals surface area contributed by atoms with Crippen LogP contribution in [0.3, 0.4) is 0 Å². The highest BCUT2D eigenvalue weighted by Gasteiger charge is 1.96. The van der Waals surface area contributed by atoms with Gasteiger partial charge in [-0.25, -0.2) is 0 Å². The maximum atomic E-state index is 3.32. The molecule has 0 saturated heterocycles. The second-order valence-corrected chi connectivity index (χ2v) is 2.77. The van der Waals surface area contributed by atoms with Gasteiger partial charge in [0.25, 0.3) is 0 Å². The quantitative estimate of drug-likeness (QED) is 0.519. The first-order valence-corrected chi connectivity index (χ1v) is 4.19. The standard InChI is InChI=1S/C10H15/c1-2-3-4-7-10-8-5-6-9-10/h5,8H,2-4,6-7H2,1H3. The van der Waals surface area contributed by atoms with Gasteiger partial charge >= 0.3 is 0 Å². The van der Waals surface area contributed by atoms with Crippen molar-refractivity contribution < 1.29 is 0 Å². The molecule has 0 saturated carbocycles. The van der Waals surface area contributed by atoms with Crippen LogP contribution < -0.4 is 0 Å². The molecule has 0 heterocycles. The Labute approximate surface area is 63.6 Å². The summed E-state index contributed by atoms with van der Waals surface area (Å²) in [6, 6.07) is 0. The van der Waals surface area contributed by atoms with Crippen molar-refractivity contribution in [3.63, 3.8) is 0 Å². The molecule has 10 heavy (non-hydrogen) atoms. The maximum absolute atomic E-state index is 3.32. The van der Waals surface area contributed by atoms with Crippen LogP contribution >= 0.6 is 0 Å². The lowest BCUT2D eigenvalue weighted by atomic mass is 10.1. The van der Waals surface area contributed by atoms with E-state index in [2.05, 4.69) is 25.2 Å². The fraction of sp³-hybridized carbons (Fsp3) is 0.600. The summed E-state index contributed by atoms with van der Waals surface area (Å²) in [5.74, 6) is 0. The molecule has 1 rings (SSSR count). The highest BCUT2D eigenvalue weighted by molar-refractivity contribution is 5.21. The first kappa shape index (κ1) is 7.59. The Morgan fingerprint density at radius 2 is 2.40 bits per heavy atom. The zero-order valence-electron chi connectivity index (χ0n) is 6.69. The molecule has 0 aromatic carbocycles. The van der Waals surface area contributed by atoms with Gasteiger partial charge in [0.15, 0.2) is 0 Å². The van der Waals surface area contributed by atoms with Crippen molar-refractivity contribution in [1.82, 2.24) is 0 Å². The number of hydrogen-bond acceptors (Lipinski definition) is 0. The van der Waals surface area contributed by atoms with E-state index in [0.29, 0.717) is 0 Å². The summed E-state index contributed by atoms with van der Waals surface area (Å²) in [4.78, 5) is 0. The number of unbranched alkanes of at least 4 members (excludes halogenated alkanes) is 2. The summed E-state index contributed by atoms with van der Waals surface area (Å²) < 4.78 is 0. The third kappa shape index (κ3) is 2.38. The zero-order chi connectivity index (χ0) is 7.23. The topological polar surface area (TPSA) is 0 Å². The van der Waals surface area contributed by atoms with Crippen LogP contribution in [0.15, 0.2) is 17.7 Å². The van der Waals surface area contributed by atoms with E-state index in [-0.39, 0.29) is 0 Å². The minimum Gasteiger partial charge on any atom is -0.0798 e. The molecule has 0 nitrogen and oxygen atoms in total. The van der Waals surface area contributed by atoms with E-state index in [0.717, 1.165) is 6.42 Å². The first-order valence-electron chi connectivity index (χ1n) is 4.19. The molecule has 1 radical (unpaired) electrons. The minimum atomic E-state index is 1.04. The average molecular weight is 135 g/mol. The molecule has 0 N–H and O–H groups in total. The Morgan fingerprint density at radius 3 is 3.00 bits per heavy atom. The van der Waals surface area contributed by atoms with Crippen molar-refractivity contribution in [2.24, 2.45) is 0 Å². The molecule has 1 aliphatic carbocycles. The number of hydrogen-bond donors (Lipinski definition) is 0. The van der Waals surface area contributed by atoms with Crippen molar-refractivity contribution in [2.75, 3.05) is 0 Å². The van der Waals surface area contributed by atoms with E-state index in [1.165, 1.54) is 31.3 Å². The summed E-state index contributed by atoms with van der Waals surface area (Å²) in [7, 11) is 0. The van der Waals surface area contributed by atoms with Crippen LogP contribution in [0.4, 0.5) is 0 Å². The van der Waals surface area contributed by atoms with Crippen LogP contribution in [0.25, 0.3) is 0 Å². The minimum absolute atomic E-state index is 1.04. The van der Waals surface area contributed by atoms with Gasteiger partial charge in [-0.15, -0.1) is 0 Å². The van der Waals surface area contributed by atoms with Crippen LogP contribution in [-0.4, -0.2) is 0 Å². The molecule has 0 aliphatic heterocycles. The molecule has 0 spiro atoms. The van der Waals surface area contributed by atoms with Crippen molar-refractivity contribution in [3.05, 3.63) is 23.8 Å². The van der Waals surface area contributed by atoms with Gasteiger partial charge in [-0.1, -0.05) is 31.9 Å². The Balaban J connectivity index is 2.08. The van der Waals surface area contributed by atoms with Gasteiger partial charge in [-0.2, -0.15) is 0 Å². The van der Waals surface area contributed by atoms with E-state index >= 15 is 0 Å². The first-order chi connectivity index (χ1) is 4.93. The fourth-order valence-electron chi connectivity index (χ4n) is 1.19. The summed E-state index contributed by atoms with van der Waals surface area (Å²) in [5.41, 5.74) is 1.42. The highest BCUT2D eigenvalue weighted by atomic mass is 14.0. The molecule has 0 bridgehead atoms. The molecule has 0 heteroatoms. The Bertz CT molecular complexity index is 140. The van der Waals surface area contributed by atoms with Crippen molar-refractivity contribution in [2.45, 2.75) is 39.0 Å².